The standard InChI is InChI=1S/C10H7ClN4/c1-15-9(4-5-13-15)8-3-2-7(6-12)10(11)14-8/h2-5H,1H3. The SMILES string of the molecule is Cn1nccc1-c1ccc(C#N)c(Cl)n1. The van der Waals surface area contributed by atoms with Gasteiger partial charge in [-0.15, -0.1) is 0 Å². The Morgan fingerprint density at radius 2 is 2.20 bits per heavy atom. The van der Waals surface area contributed by atoms with Crippen LogP contribution in [-0.2, 0) is 7.05 Å². The van der Waals surface area contributed by atoms with Gasteiger partial charge >= 0.3 is 0 Å². The second-order valence-corrected chi connectivity index (χ2v) is 3.34. The van der Waals surface area contributed by atoms with Gasteiger partial charge in [0.25, 0.3) is 0 Å². The molecule has 0 aliphatic carbocycles. The third-order valence-electron chi connectivity index (χ3n) is 2.05. The molecule has 2 aromatic rings. The highest BCUT2D eigenvalue weighted by Crippen LogP contribution is 2.20. The van der Waals surface area contributed by atoms with Gasteiger partial charge in [-0.1, -0.05) is 11.6 Å². The molecular weight excluding hydrogens is 212 g/mol. The van der Waals surface area contributed by atoms with Crippen molar-refractivity contribution in [1.82, 2.24) is 14.8 Å². The fourth-order valence-corrected chi connectivity index (χ4v) is 1.48. The molecule has 2 heterocycles. The summed E-state index contributed by atoms with van der Waals surface area (Å²) in [6, 6.07) is 7.21. The Morgan fingerprint density at radius 3 is 2.73 bits per heavy atom. The zero-order valence-electron chi connectivity index (χ0n) is 7.98. The van der Waals surface area contributed by atoms with Crippen LogP contribution in [0.5, 0.6) is 0 Å². The van der Waals surface area contributed by atoms with Crippen molar-refractivity contribution in [3.8, 4) is 17.5 Å². The molecular formula is C10H7ClN4. The number of nitriles is 1. The quantitative estimate of drug-likeness (QED) is 0.688. The minimum atomic E-state index is 0.219. The maximum absolute atomic E-state index is 8.70. The van der Waals surface area contributed by atoms with E-state index in [-0.39, 0.29) is 5.15 Å². The van der Waals surface area contributed by atoms with Crippen molar-refractivity contribution in [3.05, 3.63) is 35.1 Å². The first-order valence-corrected chi connectivity index (χ1v) is 4.65. The first kappa shape index (κ1) is 9.69. The van der Waals surface area contributed by atoms with E-state index < -0.39 is 0 Å². The van der Waals surface area contributed by atoms with E-state index in [0.717, 1.165) is 5.69 Å². The van der Waals surface area contributed by atoms with Crippen LogP contribution in [0.4, 0.5) is 0 Å². The molecule has 0 radical (unpaired) electrons. The number of nitrogens with zero attached hydrogens (tertiary/aromatic N) is 4. The number of hydrogen-bond acceptors (Lipinski definition) is 3. The summed E-state index contributed by atoms with van der Waals surface area (Å²) in [6.07, 6.45) is 1.68. The van der Waals surface area contributed by atoms with Crippen LogP contribution in [0.2, 0.25) is 5.15 Å². The third-order valence-corrected chi connectivity index (χ3v) is 2.34. The predicted octanol–water partition coefficient (Wildman–Crippen LogP) is 2.01. The minimum absolute atomic E-state index is 0.219. The van der Waals surface area contributed by atoms with E-state index in [9.17, 15) is 0 Å². The number of halogens is 1. The summed E-state index contributed by atoms with van der Waals surface area (Å²) in [5.74, 6) is 0. The summed E-state index contributed by atoms with van der Waals surface area (Å²) >= 11 is 5.84. The molecule has 0 aromatic carbocycles. The van der Waals surface area contributed by atoms with E-state index in [0.29, 0.717) is 11.3 Å². The van der Waals surface area contributed by atoms with Crippen LogP contribution >= 0.6 is 11.6 Å². The lowest BCUT2D eigenvalue weighted by molar-refractivity contribution is 0.773. The normalized spacial score (nSPS) is 9.93. The first-order chi connectivity index (χ1) is 7.22. The highest BCUT2D eigenvalue weighted by atomic mass is 35.5. The highest BCUT2D eigenvalue weighted by Gasteiger charge is 2.07. The van der Waals surface area contributed by atoms with Gasteiger partial charge in [0.1, 0.15) is 11.2 Å². The van der Waals surface area contributed by atoms with Gasteiger partial charge in [0.2, 0.25) is 0 Å². The van der Waals surface area contributed by atoms with Gasteiger partial charge in [-0.25, -0.2) is 4.98 Å². The summed E-state index contributed by atoms with van der Waals surface area (Å²) in [7, 11) is 1.82. The minimum Gasteiger partial charge on any atom is -0.266 e. The van der Waals surface area contributed by atoms with Crippen LogP contribution in [0, 0.1) is 11.3 Å². The molecule has 4 nitrogen and oxygen atoms in total. The maximum atomic E-state index is 8.70. The molecule has 5 heteroatoms. The Balaban J connectivity index is 2.53. The molecule has 74 valence electrons. The van der Waals surface area contributed by atoms with Gasteiger partial charge in [-0.3, -0.25) is 4.68 Å². The van der Waals surface area contributed by atoms with Gasteiger partial charge in [0, 0.05) is 13.2 Å². The lowest BCUT2D eigenvalue weighted by Crippen LogP contribution is -1.95. The molecule has 0 atom stereocenters. The van der Waals surface area contributed by atoms with Gasteiger partial charge < -0.3 is 0 Å². The number of hydrogen-bond donors (Lipinski definition) is 0. The molecule has 2 aromatic heterocycles. The maximum Gasteiger partial charge on any atom is 0.147 e. The highest BCUT2D eigenvalue weighted by molar-refractivity contribution is 6.30. The van der Waals surface area contributed by atoms with Crippen molar-refractivity contribution in [1.29, 1.82) is 5.26 Å². The molecule has 2 rings (SSSR count). The second-order valence-electron chi connectivity index (χ2n) is 2.99. The van der Waals surface area contributed by atoms with Crippen LogP contribution in [0.15, 0.2) is 24.4 Å². The molecule has 0 aliphatic heterocycles. The number of aromatic nitrogens is 3. The molecule has 0 aliphatic rings. The Labute approximate surface area is 91.7 Å². The molecule has 0 amide bonds. The van der Waals surface area contributed by atoms with Crippen LogP contribution in [0.3, 0.4) is 0 Å². The van der Waals surface area contributed by atoms with Crippen LogP contribution in [0.25, 0.3) is 11.4 Å². The van der Waals surface area contributed by atoms with Crippen molar-refractivity contribution >= 4 is 11.6 Å². The van der Waals surface area contributed by atoms with Gasteiger partial charge in [0.05, 0.1) is 17.0 Å². The first-order valence-electron chi connectivity index (χ1n) is 4.27. The van der Waals surface area contributed by atoms with Gasteiger partial charge in [-0.05, 0) is 18.2 Å². The van der Waals surface area contributed by atoms with Crippen LogP contribution in [-0.4, -0.2) is 14.8 Å². The van der Waals surface area contributed by atoms with Crippen molar-refractivity contribution in [3.63, 3.8) is 0 Å². The average molecular weight is 219 g/mol. The van der Waals surface area contributed by atoms with Gasteiger partial charge in [-0.2, -0.15) is 10.4 Å². The molecule has 0 spiro atoms. The number of pyridine rings is 1. The summed E-state index contributed by atoms with van der Waals surface area (Å²) in [6.45, 7) is 0. The monoisotopic (exact) mass is 218 g/mol. The van der Waals surface area contributed by atoms with E-state index in [1.807, 2.05) is 19.2 Å². The molecule has 0 N–H and O–H groups in total. The Kier molecular flexibility index (Phi) is 2.40. The Morgan fingerprint density at radius 1 is 1.40 bits per heavy atom. The lowest BCUT2D eigenvalue weighted by atomic mass is 10.2. The molecule has 0 bridgehead atoms. The van der Waals surface area contributed by atoms with E-state index in [2.05, 4.69) is 10.1 Å². The fourth-order valence-electron chi connectivity index (χ4n) is 1.29. The summed E-state index contributed by atoms with van der Waals surface area (Å²) in [5.41, 5.74) is 1.95. The number of aryl methyl sites for hydroxylation is 1. The fraction of sp³-hybridized carbons (Fsp3) is 0.100. The van der Waals surface area contributed by atoms with Crippen molar-refractivity contribution in [2.75, 3.05) is 0 Å². The summed E-state index contributed by atoms with van der Waals surface area (Å²) < 4.78 is 1.70. The summed E-state index contributed by atoms with van der Waals surface area (Å²) in [4.78, 5) is 4.13. The van der Waals surface area contributed by atoms with Crippen LogP contribution < -0.4 is 0 Å². The molecule has 0 saturated carbocycles. The summed E-state index contributed by atoms with van der Waals surface area (Å²) in [5, 5.41) is 13.0. The Hall–Kier alpha value is -1.86. The van der Waals surface area contributed by atoms with Crippen molar-refractivity contribution in [2.45, 2.75) is 0 Å². The lowest BCUT2D eigenvalue weighted by Gasteiger charge is -2.02. The zero-order valence-corrected chi connectivity index (χ0v) is 8.73. The average Bonchev–Trinajstić information content (AvgIpc) is 2.64. The van der Waals surface area contributed by atoms with E-state index in [1.54, 1.807) is 23.0 Å². The van der Waals surface area contributed by atoms with Gasteiger partial charge in [0.15, 0.2) is 0 Å². The van der Waals surface area contributed by atoms with Crippen molar-refractivity contribution in [2.24, 2.45) is 7.05 Å². The molecule has 0 unspecified atom stereocenters. The Bertz CT molecular complexity index is 539. The third kappa shape index (κ3) is 1.69. The van der Waals surface area contributed by atoms with E-state index >= 15 is 0 Å². The molecule has 0 fully saturated rings. The number of rotatable bonds is 1. The van der Waals surface area contributed by atoms with Crippen molar-refractivity contribution < 1.29 is 0 Å². The van der Waals surface area contributed by atoms with E-state index in [4.69, 9.17) is 16.9 Å². The second kappa shape index (κ2) is 3.71. The zero-order chi connectivity index (χ0) is 10.8. The predicted molar refractivity (Wildman–Crippen MR) is 56.2 cm³/mol. The topological polar surface area (TPSA) is 54.5 Å². The van der Waals surface area contributed by atoms with Crippen LogP contribution in [0.1, 0.15) is 5.56 Å². The molecule has 0 saturated heterocycles. The largest absolute Gasteiger partial charge is 0.266 e. The molecule has 15 heavy (non-hydrogen) atoms. The smallest absolute Gasteiger partial charge is 0.147 e. The van der Waals surface area contributed by atoms with E-state index in [1.165, 1.54) is 0 Å².